The van der Waals surface area contributed by atoms with Crippen LogP contribution in [-0.4, -0.2) is 17.3 Å². The van der Waals surface area contributed by atoms with Crippen LogP contribution in [0.25, 0.3) is 0 Å². The van der Waals surface area contributed by atoms with Crippen LogP contribution in [0.2, 0.25) is 0 Å². The normalized spacial score (nSPS) is 9.55. The summed E-state index contributed by atoms with van der Waals surface area (Å²) >= 11 is 1.12. The van der Waals surface area contributed by atoms with Crippen molar-refractivity contribution >= 4 is 28.3 Å². The van der Waals surface area contributed by atoms with Crippen molar-refractivity contribution in [2.45, 2.75) is 0 Å². The second-order valence-electron chi connectivity index (χ2n) is 1.89. The Hall–Kier alpha value is -1.30. The van der Waals surface area contributed by atoms with E-state index in [0.717, 1.165) is 11.5 Å². The van der Waals surface area contributed by atoms with Gasteiger partial charge in [-0.05, 0) is 11.5 Å². The molecule has 0 spiro atoms. The zero-order valence-corrected chi connectivity index (χ0v) is 6.73. The molecule has 0 radical (unpaired) electrons. The highest BCUT2D eigenvalue weighted by Crippen LogP contribution is 2.24. The molecule has 0 aliphatic rings. The Bertz CT molecular complexity index is 282. The van der Waals surface area contributed by atoms with Crippen LogP contribution in [-0.2, 0) is 0 Å². The van der Waals surface area contributed by atoms with Gasteiger partial charge in [-0.3, -0.25) is 4.79 Å². The fourth-order valence-electron chi connectivity index (χ4n) is 0.711. The van der Waals surface area contributed by atoms with Crippen LogP contribution in [0.5, 0.6) is 0 Å². The third-order valence-corrected chi connectivity index (χ3v) is 2.07. The van der Waals surface area contributed by atoms with Crippen LogP contribution in [0.4, 0.5) is 10.8 Å². The minimum atomic E-state index is -0.555. The number of nitrogens with one attached hydrogen (secondary N) is 1. The van der Waals surface area contributed by atoms with Crippen LogP contribution in [0.1, 0.15) is 10.4 Å². The molecule has 60 valence electrons. The molecule has 1 amide bonds. The van der Waals surface area contributed by atoms with Crippen molar-refractivity contribution in [3.8, 4) is 0 Å². The van der Waals surface area contributed by atoms with E-state index in [1.54, 1.807) is 7.05 Å². The number of hydrogen-bond acceptors (Lipinski definition) is 5. The first-order valence-electron chi connectivity index (χ1n) is 2.89. The number of carbonyl (C=O) groups is 1. The number of hydrogen-bond donors (Lipinski definition) is 3. The maximum atomic E-state index is 10.7. The summed E-state index contributed by atoms with van der Waals surface area (Å²) in [6.07, 6.45) is 0. The van der Waals surface area contributed by atoms with Gasteiger partial charge in [-0.1, -0.05) is 0 Å². The summed E-state index contributed by atoms with van der Waals surface area (Å²) in [4.78, 5) is 10.7. The summed E-state index contributed by atoms with van der Waals surface area (Å²) in [5.74, 6) is -0.368. The van der Waals surface area contributed by atoms with Crippen molar-refractivity contribution in [2.75, 3.05) is 18.1 Å². The van der Waals surface area contributed by atoms with Crippen molar-refractivity contribution in [1.82, 2.24) is 4.37 Å². The molecule has 0 atom stereocenters. The lowest BCUT2D eigenvalue weighted by molar-refractivity contribution is 0.100. The Balaban J connectivity index is 3.17. The average molecular weight is 172 g/mol. The van der Waals surface area contributed by atoms with E-state index in [1.165, 1.54) is 0 Å². The van der Waals surface area contributed by atoms with E-state index in [4.69, 9.17) is 11.5 Å². The van der Waals surface area contributed by atoms with Crippen LogP contribution in [0.3, 0.4) is 0 Å². The molecular weight excluding hydrogens is 164 g/mol. The van der Waals surface area contributed by atoms with Gasteiger partial charge in [0.15, 0.2) is 5.82 Å². The summed E-state index contributed by atoms with van der Waals surface area (Å²) in [5, 5.41) is 3.38. The van der Waals surface area contributed by atoms with Crippen LogP contribution < -0.4 is 16.8 Å². The lowest BCUT2D eigenvalue weighted by Gasteiger charge is -1.96. The Kier molecular flexibility index (Phi) is 1.95. The molecule has 0 bridgehead atoms. The van der Waals surface area contributed by atoms with Gasteiger partial charge in [0.25, 0.3) is 5.91 Å². The number of rotatable bonds is 2. The molecule has 5 N–H and O–H groups in total. The summed E-state index contributed by atoms with van der Waals surface area (Å²) in [5.41, 5.74) is 10.7. The molecule has 1 heterocycles. The number of nitrogens with two attached hydrogens (primary N) is 2. The van der Waals surface area contributed by atoms with Gasteiger partial charge in [0.2, 0.25) is 0 Å². The van der Waals surface area contributed by atoms with E-state index in [0.29, 0.717) is 5.00 Å². The summed E-state index contributed by atoms with van der Waals surface area (Å²) < 4.78 is 3.76. The fraction of sp³-hybridized carbons (Fsp3) is 0.200. The molecule has 0 fully saturated rings. The third kappa shape index (κ3) is 1.25. The lowest BCUT2D eigenvalue weighted by Crippen LogP contribution is -2.13. The molecule has 0 unspecified atom stereocenters. The maximum Gasteiger partial charge on any atom is 0.255 e. The van der Waals surface area contributed by atoms with Crippen LogP contribution in [0.15, 0.2) is 0 Å². The molecule has 0 aromatic carbocycles. The van der Waals surface area contributed by atoms with Gasteiger partial charge in [0.1, 0.15) is 10.6 Å². The average Bonchev–Trinajstić information content (AvgIpc) is 2.30. The largest absolute Gasteiger partial charge is 0.382 e. The Morgan fingerprint density at radius 1 is 1.73 bits per heavy atom. The first-order chi connectivity index (χ1) is 5.16. The van der Waals surface area contributed by atoms with Crippen LogP contribution >= 0.6 is 11.5 Å². The Morgan fingerprint density at radius 2 is 2.36 bits per heavy atom. The molecule has 1 aromatic heterocycles. The first kappa shape index (κ1) is 7.80. The van der Waals surface area contributed by atoms with Crippen molar-refractivity contribution in [2.24, 2.45) is 5.73 Å². The van der Waals surface area contributed by atoms with E-state index in [2.05, 4.69) is 9.69 Å². The second-order valence-corrected chi connectivity index (χ2v) is 2.66. The molecule has 0 aliphatic carbocycles. The molecular formula is C5H8N4OS. The molecule has 5 nitrogen and oxygen atoms in total. The summed E-state index contributed by atoms with van der Waals surface area (Å²) in [6, 6.07) is 0. The highest BCUT2D eigenvalue weighted by molar-refractivity contribution is 7.11. The predicted octanol–water partition coefficient (Wildman–Crippen LogP) is -0.134. The van der Waals surface area contributed by atoms with Crippen molar-refractivity contribution in [1.29, 1.82) is 0 Å². The predicted molar refractivity (Wildman–Crippen MR) is 44.6 cm³/mol. The Morgan fingerprint density at radius 3 is 2.73 bits per heavy atom. The molecule has 0 saturated heterocycles. The highest BCUT2D eigenvalue weighted by Gasteiger charge is 2.14. The summed E-state index contributed by atoms with van der Waals surface area (Å²) in [6.45, 7) is 0. The zero-order valence-electron chi connectivity index (χ0n) is 5.92. The van der Waals surface area contributed by atoms with Crippen molar-refractivity contribution in [3.63, 3.8) is 0 Å². The molecule has 11 heavy (non-hydrogen) atoms. The number of amides is 1. The Labute approximate surface area is 67.6 Å². The molecule has 1 aromatic rings. The van der Waals surface area contributed by atoms with Crippen molar-refractivity contribution < 1.29 is 4.79 Å². The van der Waals surface area contributed by atoms with Gasteiger partial charge in [-0.15, -0.1) is 0 Å². The van der Waals surface area contributed by atoms with Crippen LogP contribution in [0, 0.1) is 0 Å². The number of nitrogens with zero attached hydrogens (tertiary/aromatic N) is 1. The minimum Gasteiger partial charge on any atom is -0.382 e. The number of anilines is 2. The van der Waals surface area contributed by atoms with Crippen molar-refractivity contribution in [3.05, 3.63) is 5.56 Å². The van der Waals surface area contributed by atoms with E-state index in [-0.39, 0.29) is 11.4 Å². The minimum absolute atomic E-state index is 0.187. The van der Waals surface area contributed by atoms with E-state index in [1.807, 2.05) is 0 Å². The quantitative estimate of drug-likeness (QED) is 0.579. The number of aromatic nitrogens is 1. The van der Waals surface area contributed by atoms with E-state index < -0.39 is 5.91 Å². The SMILES string of the molecule is CNc1snc(N)c1C(N)=O. The molecule has 0 saturated carbocycles. The van der Waals surface area contributed by atoms with Gasteiger partial charge in [0, 0.05) is 7.05 Å². The standard InChI is InChI=1S/C5H8N4OS/c1-8-5-2(4(7)10)3(6)9-11-5/h8H,1H3,(H2,6,9)(H2,7,10). The second kappa shape index (κ2) is 2.75. The number of nitrogen functional groups attached to an aromatic ring is 1. The summed E-state index contributed by atoms with van der Waals surface area (Å²) in [7, 11) is 1.68. The zero-order chi connectivity index (χ0) is 8.43. The van der Waals surface area contributed by atoms with E-state index >= 15 is 0 Å². The monoisotopic (exact) mass is 172 g/mol. The van der Waals surface area contributed by atoms with Gasteiger partial charge >= 0.3 is 0 Å². The maximum absolute atomic E-state index is 10.7. The van der Waals surface area contributed by atoms with Gasteiger partial charge in [-0.2, -0.15) is 4.37 Å². The van der Waals surface area contributed by atoms with Gasteiger partial charge < -0.3 is 16.8 Å². The van der Waals surface area contributed by atoms with Gasteiger partial charge in [0.05, 0.1) is 0 Å². The number of primary amides is 1. The van der Waals surface area contributed by atoms with Gasteiger partial charge in [-0.25, -0.2) is 0 Å². The lowest BCUT2D eigenvalue weighted by atomic mass is 10.3. The third-order valence-electron chi connectivity index (χ3n) is 1.19. The fourth-order valence-corrected chi connectivity index (χ4v) is 1.38. The highest BCUT2D eigenvalue weighted by atomic mass is 32.1. The molecule has 1 rings (SSSR count). The van der Waals surface area contributed by atoms with E-state index in [9.17, 15) is 4.79 Å². The smallest absolute Gasteiger partial charge is 0.255 e. The molecule has 0 aliphatic heterocycles. The molecule has 6 heteroatoms. The topological polar surface area (TPSA) is 94.0 Å². The number of carbonyl (C=O) groups excluding carboxylic acids is 1. The first-order valence-corrected chi connectivity index (χ1v) is 3.67.